The normalized spacial score (nSPS) is 15.4. The highest BCUT2D eigenvalue weighted by atomic mass is 32.2. The first-order chi connectivity index (χ1) is 18.4. The van der Waals surface area contributed by atoms with Crippen LogP contribution < -0.4 is 9.64 Å². The van der Waals surface area contributed by atoms with E-state index in [0.717, 1.165) is 5.75 Å². The molecule has 9 nitrogen and oxygen atoms in total. The summed E-state index contributed by atoms with van der Waals surface area (Å²) in [6, 6.07) is 24.5. The van der Waals surface area contributed by atoms with Gasteiger partial charge in [-0.2, -0.15) is 13.9 Å². The van der Waals surface area contributed by atoms with Gasteiger partial charge < -0.3 is 14.7 Å². The number of sulfonamides is 1. The van der Waals surface area contributed by atoms with E-state index in [2.05, 4.69) is 9.36 Å². The molecular formula is C27H25N5O4S2. The number of benzene rings is 3. The third-order valence-electron chi connectivity index (χ3n) is 6.20. The molecule has 1 unspecified atom stereocenters. The topological polar surface area (TPSA) is 120 Å². The smallest absolute Gasteiger partial charge is 0.243 e. The van der Waals surface area contributed by atoms with Gasteiger partial charge in [0.05, 0.1) is 16.5 Å². The van der Waals surface area contributed by atoms with Crippen LogP contribution in [0, 0.1) is 11.3 Å². The van der Waals surface area contributed by atoms with Gasteiger partial charge in [0.15, 0.2) is 5.82 Å². The number of hydrogen-bond acceptors (Lipinski definition) is 9. The maximum Gasteiger partial charge on any atom is 0.243 e. The van der Waals surface area contributed by atoms with Crippen molar-refractivity contribution < 1.29 is 18.3 Å². The lowest BCUT2D eigenvalue weighted by molar-refractivity contribution is 0.211. The quantitative estimate of drug-likeness (QED) is 0.366. The fourth-order valence-electron chi connectivity index (χ4n) is 4.13. The minimum atomic E-state index is -3.67. The van der Waals surface area contributed by atoms with Gasteiger partial charge in [-0.15, -0.1) is 0 Å². The van der Waals surface area contributed by atoms with E-state index < -0.39 is 16.1 Å². The molecule has 1 aliphatic heterocycles. The first-order valence-electron chi connectivity index (χ1n) is 12.0. The van der Waals surface area contributed by atoms with Crippen LogP contribution in [0.1, 0.15) is 29.5 Å². The fourth-order valence-corrected chi connectivity index (χ4v) is 6.35. The summed E-state index contributed by atoms with van der Waals surface area (Å²) in [6.07, 6.45) is -0.374. The molecule has 0 radical (unpaired) electrons. The van der Waals surface area contributed by atoms with Crippen molar-refractivity contribution in [3.8, 4) is 17.6 Å². The Morgan fingerprint density at radius 1 is 0.921 bits per heavy atom. The summed E-state index contributed by atoms with van der Waals surface area (Å²) in [4.78, 5) is 6.73. The molecule has 4 aromatic rings. The van der Waals surface area contributed by atoms with Gasteiger partial charge >= 0.3 is 0 Å². The SMILES string of the molecule is N#Cc1ccc(S(=O)(=O)N2CCCN(c3nc(C(O)c4ccc(Oc5ccccc5)cc4)ns3)CC2)cc1. The number of aromatic nitrogens is 2. The summed E-state index contributed by atoms with van der Waals surface area (Å²) >= 11 is 1.18. The molecule has 38 heavy (non-hydrogen) atoms. The Bertz CT molecular complexity index is 1520. The van der Waals surface area contributed by atoms with E-state index in [0.29, 0.717) is 60.4 Å². The van der Waals surface area contributed by atoms with Crippen LogP contribution in [-0.2, 0) is 10.0 Å². The van der Waals surface area contributed by atoms with Gasteiger partial charge in [0.1, 0.15) is 17.6 Å². The summed E-state index contributed by atoms with van der Waals surface area (Å²) in [5.74, 6) is 1.68. The molecule has 1 saturated heterocycles. The summed E-state index contributed by atoms with van der Waals surface area (Å²) in [7, 11) is -3.67. The van der Waals surface area contributed by atoms with Crippen molar-refractivity contribution >= 4 is 26.7 Å². The number of anilines is 1. The van der Waals surface area contributed by atoms with Gasteiger partial charge in [-0.3, -0.25) is 0 Å². The molecule has 0 spiro atoms. The van der Waals surface area contributed by atoms with Crippen molar-refractivity contribution in [1.82, 2.24) is 13.7 Å². The summed E-state index contributed by atoms with van der Waals surface area (Å²) < 4.78 is 37.9. The molecule has 194 valence electrons. The van der Waals surface area contributed by atoms with Crippen LogP contribution in [0.2, 0.25) is 0 Å². The summed E-state index contributed by atoms with van der Waals surface area (Å²) in [5.41, 5.74) is 1.06. The molecule has 1 atom stereocenters. The molecule has 5 rings (SSSR count). The van der Waals surface area contributed by atoms with Crippen molar-refractivity contribution in [1.29, 1.82) is 5.26 Å². The third-order valence-corrected chi connectivity index (χ3v) is 8.90. The van der Waals surface area contributed by atoms with Crippen LogP contribution in [0.25, 0.3) is 0 Å². The van der Waals surface area contributed by atoms with Crippen LogP contribution in [0.15, 0.2) is 83.8 Å². The number of nitrogens with zero attached hydrogens (tertiary/aromatic N) is 5. The molecule has 0 aliphatic carbocycles. The molecule has 1 N–H and O–H groups in total. The molecule has 1 fully saturated rings. The highest BCUT2D eigenvalue weighted by Gasteiger charge is 2.28. The lowest BCUT2D eigenvalue weighted by Crippen LogP contribution is -2.35. The zero-order valence-corrected chi connectivity index (χ0v) is 22.0. The molecular weight excluding hydrogens is 522 g/mol. The number of aliphatic hydroxyl groups excluding tert-OH is 1. The van der Waals surface area contributed by atoms with Gasteiger partial charge in [-0.25, -0.2) is 13.4 Å². The first-order valence-corrected chi connectivity index (χ1v) is 14.3. The van der Waals surface area contributed by atoms with Gasteiger partial charge in [0.2, 0.25) is 15.2 Å². The van der Waals surface area contributed by atoms with E-state index in [9.17, 15) is 13.5 Å². The van der Waals surface area contributed by atoms with Gasteiger partial charge in [-0.1, -0.05) is 30.3 Å². The van der Waals surface area contributed by atoms with Crippen LogP contribution in [0.4, 0.5) is 5.13 Å². The predicted molar refractivity (Wildman–Crippen MR) is 144 cm³/mol. The predicted octanol–water partition coefficient (Wildman–Crippen LogP) is 4.18. The van der Waals surface area contributed by atoms with Crippen LogP contribution in [0.3, 0.4) is 0 Å². The van der Waals surface area contributed by atoms with Gasteiger partial charge in [0, 0.05) is 37.7 Å². The maximum atomic E-state index is 13.1. The van der Waals surface area contributed by atoms with Gasteiger partial charge in [-0.05, 0) is 60.5 Å². The number of nitriles is 1. The number of ether oxygens (including phenoxy) is 1. The minimum absolute atomic E-state index is 0.173. The molecule has 0 amide bonds. The second-order valence-electron chi connectivity index (χ2n) is 8.70. The lowest BCUT2D eigenvalue weighted by atomic mass is 10.1. The standard InChI is InChI=1S/C27H25N5O4S2/c28-19-20-7-13-24(14-8-20)38(34,35)32-16-4-15-31(17-18-32)27-29-26(30-37-27)25(33)21-9-11-23(12-10-21)36-22-5-2-1-3-6-22/h1-3,5-14,25,33H,4,15-18H2. The first kappa shape index (κ1) is 25.8. The minimum Gasteiger partial charge on any atom is -0.457 e. The van der Waals surface area contributed by atoms with Crippen LogP contribution in [-0.4, -0.2) is 53.4 Å². The second-order valence-corrected chi connectivity index (χ2v) is 11.4. The zero-order chi connectivity index (χ0) is 26.5. The maximum absolute atomic E-state index is 13.1. The molecule has 2 heterocycles. The highest BCUT2D eigenvalue weighted by molar-refractivity contribution is 7.89. The average molecular weight is 548 g/mol. The summed E-state index contributed by atoms with van der Waals surface area (Å²) in [5, 5.41) is 20.5. The Labute approximate surface area is 225 Å². The largest absolute Gasteiger partial charge is 0.457 e. The Morgan fingerprint density at radius 2 is 1.63 bits per heavy atom. The fraction of sp³-hybridized carbons (Fsp3) is 0.222. The van der Waals surface area contributed by atoms with E-state index in [4.69, 9.17) is 10.00 Å². The molecule has 3 aromatic carbocycles. The monoisotopic (exact) mass is 547 g/mol. The zero-order valence-electron chi connectivity index (χ0n) is 20.3. The number of rotatable bonds is 7. The molecule has 1 aromatic heterocycles. The summed E-state index contributed by atoms with van der Waals surface area (Å²) in [6.45, 7) is 1.74. The van der Waals surface area contributed by atoms with Crippen molar-refractivity contribution in [3.05, 3.63) is 95.8 Å². The Kier molecular flexibility index (Phi) is 7.67. The van der Waals surface area contributed by atoms with Crippen molar-refractivity contribution in [2.75, 3.05) is 31.1 Å². The van der Waals surface area contributed by atoms with Gasteiger partial charge in [0.25, 0.3) is 0 Å². The second kappa shape index (κ2) is 11.3. The molecule has 0 bridgehead atoms. The van der Waals surface area contributed by atoms with Crippen molar-refractivity contribution in [3.63, 3.8) is 0 Å². The van der Waals surface area contributed by atoms with Crippen molar-refractivity contribution in [2.24, 2.45) is 0 Å². The Morgan fingerprint density at radius 3 is 2.34 bits per heavy atom. The molecule has 1 aliphatic rings. The number of para-hydroxylation sites is 1. The van der Waals surface area contributed by atoms with Crippen LogP contribution in [0.5, 0.6) is 11.5 Å². The highest BCUT2D eigenvalue weighted by Crippen LogP contribution is 2.29. The Balaban J connectivity index is 1.23. The lowest BCUT2D eigenvalue weighted by Gasteiger charge is -2.21. The van der Waals surface area contributed by atoms with E-state index in [1.807, 2.05) is 41.3 Å². The van der Waals surface area contributed by atoms with Crippen LogP contribution >= 0.6 is 11.5 Å². The molecule has 0 saturated carbocycles. The van der Waals surface area contributed by atoms with Crippen molar-refractivity contribution in [2.45, 2.75) is 17.4 Å². The van der Waals surface area contributed by atoms with E-state index >= 15 is 0 Å². The third kappa shape index (κ3) is 5.69. The molecule has 11 heteroatoms. The number of aliphatic hydroxyl groups is 1. The Hall–Kier alpha value is -3.82. The van der Waals surface area contributed by atoms with E-state index in [-0.39, 0.29) is 4.90 Å². The van der Waals surface area contributed by atoms with E-state index in [1.165, 1.54) is 40.1 Å². The average Bonchev–Trinajstić information content (AvgIpc) is 3.31. The van der Waals surface area contributed by atoms with E-state index in [1.54, 1.807) is 24.3 Å². The number of hydrogen-bond donors (Lipinski definition) is 1.